The molecule has 12 heteroatoms. The molecule has 176 valence electrons. The van der Waals surface area contributed by atoms with E-state index in [9.17, 15) is 22.4 Å². The minimum absolute atomic E-state index is 0.106. The second-order valence-corrected chi connectivity index (χ2v) is 7.29. The zero-order valence-electron chi connectivity index (χ0n) is 17.3. The Morgan fingerprint density at radius 1 is 1.06 bits per heavy atom. The summed E-state index contributed by atoms with van der Waals surface area (Å²) in [5.41, 5.74) is 0.324. The molecular formula is C22H14ClF4N3O4. The van der Waals surface area contributed by atoms with Gasteiger partial charge >= 0.3 is 12.1 Å². The third-order valence-electron chi connectivity index (χ3n) is 4.63. The lowest BCUT2D eigenvalue weighted by Gasteiger charge is -2.12. The maximum Gasteiger partial charge on any atom is 0.416 e. The van der Waals surface area contributed by atoms with Crippen molar-refractivity contribution in [3.8, 4) is 22.9 Å². The predicted octanol–water partition coefficient (Wildman–Crippen LogP) is 5.58. The average molecular weight is 496 g/mol. The Bertz CT molecular complexity index is 1330. The van der Waals surface area contributed by atoms with Gasteiger partial charge in [0.1, 0.15) is 17.0 Å². The molecule has 7 nitrogen and oxygen atoms in total. The van der Waals surface area contributed by atoms with Crippen LogP contribution in [0.1, 0.15) is 5.56 Å². The van der Waals surface area contributed by atoms with Gasteiger partial charge in [-0.15, -0.1) is 5.10 Å². The van der Waals surface area contributed by atoms with E-state index in [1.165, 1.54) is 23.9 Å². The molecule has 34 heavy (non-hydrogen) atoms. The maximum atomic E-state index is 14.3. The van der Waals surface area contributed by atoms with Crippen LogP contribution in [0.15, 0.2) is 54.6 Å². The van der Waals surface area contributed by atoms with Crippen LogP contribution in [0, 0.1) is 5.82 Å². The Labute approximate surface area is 194 Å². The minimum atomic E-state index is -4.75. The zero-order valence-corrected chi connectivity index (χ0v) is 18.0. The van der Waals surface area contributed by atoms with E-state index < -0.39 is 34.3 Å². The summed E-state index contributed by atoms with van der Waals surface area (Å²) in [6, 6.07) is 12.0. The van der Waals surface area contributed by atoms with Crippen molar-refractivity contribution >= 4 is 28.6 Å². The molecule has 0 aliphatic carbocycles. The number of fused-ring (bicyclic) bond motifs is 1. The second-order valence-electron chi connectivity index (χ2n) is 6.88. The molecule has 4 rings (SSSR count). The highest BCUT2D eigenvalue weighted by molar-refractivity contribution is 6.32. The minimum Gasteiger partial charge on any atom is -0.482 e. The van der Waals surface area contributed by atoms with Crippen LogP contribution in [0.5, 0.6) is 17.2 Å². The molecule has 0 saturated carbocycles. The first-order chi connectivity index (χ1) is 16.2. The van der Waals surface area contributed by atoms with Crippen molar-refractivity contribution in [1.29, 1.82) is 0 Å². The maximum absolute atomic E-state index is 14.3. The van der Waals surface area contributed by atoms with Gasteiger partial charge in [0.2, 0.25) is 0 Å². The quantitative estimate of drug-likeness (QED) is 0.257. The number of carbonyl (C=O) groups is 1. The lowest BCUT2D eigenvalue weighted by molar-refractivity contribution is -0.143. The van der Waals surface area contributed by atoms with Crippen molar-refractivity contribution in [3.05, 3.63) is 71.0 Å². The summed E-state index contributed by atoms with van der Waals surface area (Å²) in [6.45, 7) is -0.244. The van der Waals surface area contributed by atoms with Crippen LogP contribution in [-0.2, 0) is 15.7 Å². The van der Waals surface area contributed by atoms with Crippen LogP contribution in [0.2, 0.25) is 5.02 Å². The molecule has 0 amide bonds. The number of aromatic nitrogens is 3. The normalized spacial score (nSPS) is 11.5. The second kappa shape index (κ2) is 9.18. The smallest absolute Gasteiger partial charge is 0.416 e. The van der Waals surface area contributed by atoms with E-state index >= 15 is 0 Å². The number of carbonyl (C=O) groups excluding carboxylic acids is 1. The Kier molecular flexibility index (Phi) is 6.29. The van der Waals surface area contributed by atoms with Gasteiger partial charge in [-0.05, 0) is 48.5 Å². The molecule has 0 fully saturated rings. The lowest BCUT2D eigenvalue weighted by Crippen LogP contribution is -2.12. The first-order valence-electron chi connectivity index (χ1n) is 9.55. The van der Waals surface area contributed by atoms with Gasteiger partial charge in [-0.25, -0.2) is 13.9 Å². The van der Waals surface area contributed by atoms with Crippen LogP contribution >= 0.6 is 11.6 Å². The summed E-state index contributed by atoms with van der Waals surface area (Å²) in [6.07, 6.45) is -4.75. The van der Waals surface area contributed by atoms with Crippen molar-refractivity contribution < 1.29 is 36.6 Å². The Morgan fingerprint density at radius 2 is 1.76 bits per heavy atom. The van der Waals surface area contributed by atoms with Crippen LogP contribution < -0.4 is 9.47 Å². The fraction of sp³-hybridized carbons (Fsp3) is 0.136. The number of halogens is 5. The molecule has 0 unspecified atom stereocenters. The van der Waals surface area contributed by atoms with Gasteiger partial charge < -0.3 is 14.2 Å². The number of alkyl halides is 3. The molecule has 0 bridgehead atoms. The fourth-order valence-electron chi connectivity index (χ4n) is 2.98. The predicted molar refractivity (Wildman–Crippen MR) is 113 cm³/mol. The molecule has 0 spiro atoms. The van der Waals surface area contributed by atoms with Gasteiger partial charge in [-0.3, -0.25) is 0 Å². The van der Waals surface area contributed by atoms with E-state index in [2.05, 4.69) is 15.0 Å². The molecular weight excluding hydrogens is 482 g/mol. The Hall–Kier alpha value is -3.86. The molecule has 0 radical (unpaired) electrons. The first-order valence-corrected chi connectivity index (χ1v) is 9.93. The van der Waals surface area contributed by atoms with Crippen molar-refractivity contribution in [3.63, 3.8) is 0 Å². The van der Waals surface area contributed by atoms with Crippen LogP contribution in [-0.4, -0.2) is 34.7 Å². The van der Waals surface area contributed by atoms with Gasteiger partial charge in [0.25, 0.3) is 0 Å². The molecule has 0 saturated heterocycles. The summed E-state index contributed by atoms with van der Waals surface area (Å²) in [4.78, 5) is 11.2. The highest BCUT2D eigenvalue weighted by Gasteiger charge is 2.32. The van der Waals surface area contributed by atoms with Crippen molar-refractivity contribution in [1.82, 2.24) is 15.0 Å². The summed E-state index contributed by atoms with van der Waals surface area (Å²) in [5, 5.41) is 7.60. The van der Waals surface area contributed by atoms with Gasteiger partial charge in [-0.1, -0.05) is 16.8 Å². The molecule has 0 aliphatic rings. The van der Waals surface area contributed by atoms with Gasteiger partial charge in [0, 0.05) is 6.07 Å². The summed E-state index contributed by atoms with van der Waals surface area (Å²) < 4.78 is 69.6. The highest BCUT2D eigenvalue weighted by atomic mass is 35.5. The number of hydrogen-bond acceptors (Lipinski definition) is 6. The summed E-state index contributed by atoms with van der Waals surface area (Å²) >= 11 is 5.85. The van der Waals surface area contributed by atoms with Gasteiger partial charge in [0.05, 0.1) is 28.9 Å². The zero-order chi connectivity index (χ0) is 24.5. The fourth-order valence-corrected chi connectivity index (χ4v) is 3.22. The lowest BCUT2D eigenvalue weighted by atomic mass is 10.2. The van der Waals surface area contributed by atoms with Gasteiger partial charge in [0.15, 0.2) is 18.2 Å². The van der Waals surface area contributed by atoms with E-state index in [4.69, 9.17) is 21.1 Å². The molecule has 1 heterocycles. The van der Waals surface area contributed by atoms with Crippen molar-refractivity contribution in [2.75, 3.05) is 13.7 Å². The molecule has 3 aromatic carbocycles. The molecule has 0 N–H and O–H groups in total. The van der Waals surface area contributed by atoms with Crippen molar-refractivity contribution in [2.45, 2.75) is 6.18 Å². The van der Waals surface area contributed by atoms with Crippen LogP contribution in [0.3, 0.4) is 0 Å². The number of benzene rings is 3. The van der Waals surface area contributed by atoms with Crippen LogP contribution in [0.25, 0.3) is 16.7 Å². The number of rotatable bonds is 6. The molecule has 0 atom stereocenters. The van der Waals surface area contributed by atoms with E-state index in [0.717, 1.165) is 0 Å². The summed E-state index contributed by atoms with van der Waals surface area (Å²) in [5.74, 6) is -1.79. The standard InChI is InChI=1S/C22H14ClF4N3O4/c1-32-20(31)11-33-14-4-2-13(3-5-14)30-19-10-15(6-7-18(19)28-29-30)34-21-16(23)8-12(9-17(21)24)22(25,26)27/h2-10H,11H2,1H3. The van der Waals surface area contributed by atoms with E-state index in [1.54, 1.807) is 30.3 Å². The Morgan fingerprint density at radius 3 is 2.41 bits per heavy atom. The average Bonchev–Trinajstić information content (AvgIpc) is 3.22. The topological polar surface area (TPSA) is 75.5 Å². The number of nitrogens with zero attached hydrogens (tertiary/aromatic N) is 3. The SMILES string of the molecule is COC(=O)COc1ccc(-n2nnc3ccc(Oc4c(F)cc(C(F)(F)F)cc4Cl)cc32)cc1. The number of hydrogen-bond donors (Lipinski definition) is 0. The number of methoxy groups -OCH3 is 1. The first kappa shape index (κ1) is 23.3. The van der Waals surface area contributed by atoms with E-state index in [1.807, 2.05) is 0 Å². The van der Waals surface area contributed by atoms with Gasteiger partial charge in [-0.2, -0.15) is 13.2 Å². The number of esters is 1. The number of ether oxygens (including phenoxy) is 3. The monoisotopic (exact) mass is 495 g/mol. The molecule has 4 aromatic rings. The third-order valence-corrected chi connectivity index (χ3v) is 4.91. The van der Waals surface area contributed by atoms with E-state index in [-0.39, 0.29) is 12.4 Å². The third kappa shape index (κ3) is 4.88. The Balaban J connectivity index is 1.61. The van der Waals surface area contributed by atoms with E-state index in [0.29, 0.717) is 34.6 Å². The van der Waals surface area contributed by atoms with Crippen LogP contribution in [0.4, 0.5) is 17.6 Å². The molecule has 1 aromatic heterocycles. The summed E-state index contributed by atoms with van der Waals surface area (Å²) in [7, 11) is 1.25. The van der Waals surface area contributed by atoms with Crippen molar-refractivity contribution in [2.24, 2.45) is 0 Å². The largest absolute Gasteiger partial charge is 0.482 e. The highest BCUT2D eigenvalue weighted by Crippen LogP contribution is 2.39. The molecule has 0 aliphatic heterocycles.